The van der Waals surface area contributed by atoms with Gasteiger partial charge in [-0.3, -0.25) is 14.5 Å². The smallest absolute Gasteiger partial charge is 0.315 e. The van der Waals surface area contributed by atoms with E-state index in [1.165, 1.54) is 0 Å². The second-order valence-corrected chi connectivity index (χ2v) is 18.9. The summed E-state index contributed by atoms with van der Waals surface area (Å²) in [5.41, 5.74) is 6.77. The van der Waals surface area contributed by atoms with Crippen molar-refractivity contribution in [3.63, 3.8) is 0 Å². The molecule has 0 radical (unpaired) electrons. The maximum atomic E-state index is 14.0. The van der Waals surface area contributed by atoms with E-state index in [1.54, 1.807) is 6.07 Å². The van der Waals surface area contributed by atoms with Crippen molar-refractivity contribution in [2.75, 3.05) is 25.4 Å². The second kappa shape index (κ2) is 21.0. The predicted molar refractivity (Wildman–Crippen MR) is 248 cm³/mol. The molecular weight excluding hydrogens is 832 g/mol. The number of unbranched alkanes of at least 4 members (excludes halogenated alkanes) is 1. The van der Waals surface area contributed by atoms with Crippen molar-refractivity contribution < 1.29 is 23.9 Å². The average Bonchev–Trinajstić information content (AvgIpc) is 3.87. The molecule has 4 fully saturated rings. The van der Waals surface area contributed by atoms with Gasteiger partial charge in [0.2, 0.25) is 11.8 Å². The number of benzene rings is 4. The molecular formula is C50H57ClN6O5S. The molecule has 0 saturated carbocycles. The molecule has 63 heavy (non-hydrogen) atoms. The first-order valence-corrected chi connectivity index (χ1v) is 23.9. The van der Waals surface area contributed by atoms with Crippen LogP contribution >= 0.6 is 23.4 Å². The number of hydrogen-bond acceptors (Lipinski definition) is 8. The van der Waals surface area contributed by atoms with E-state index in [4.69, 9.17) is 21.1 Å². The number of fused-ring (bicyclic) bond motifs is 1. The number of nitriles is 1. The molecule has 4 aromatic rings. The lowest BCUT2D eigenvalue weighted by atomic mass is 9.97. The number of ether oxygens (including phenoxy) is 2. The Morgan fingerprint density at radius 1 is 0.889 bits per heavy atom. The zero-order chi connectivity index (χ0) is 43.7. The van der Waals surface area contributed by atoms with Crippen LogP contribution in [-0.4, -0.2) is 82.4 Å². The van der Waals surface area contributed by atoms with Crippen molar-refractivity contribution in [2.24, 2.45) is 0 Å². The van der Waals surface area contributed by atoms with Gasteiger partial charge in [0, 0.05) is 54.7 Å². The molecule has 330 valence electrons. The molecule has 8 rings (SSSR count). The van der Waals surface area contributed by atoms with Crippen molar-refractivity contribution in [3.8, 4) is 28.7 Å². The van der Waals surface area contributed by atoms with Crippen LogP contribution in [-0.2, 0) is 29.3 Å². The van der Waals surface area contributed by atoms with Crippen molar-refractivity contribution >= 4 is 41.2 Å². The van der Waals surface area contributed by atoms with Crippen LogP contribution in [0.15, 0.2) is 84.9 Å². The van der Waals surface area contributed by atoms with Gasteiger partial charge in [0.15, 0.2) is 0 Å². The molecule has 11 nitrogen and oxygen atoms in total. The fraction of sp³-hybridized carbons (Fsp3) is 0.440. The molecule has 0 bridgehead atoms. The predicted octanol–water partition coefficient (Wildman–Crippen LogP) is 8.53. The summed E-state index contributed by atoms with van der Waals surface area (Å²) in [5, 5.41) is 19.8. The van der Waals surface area contributed by atoms with E-state index in [1.807, 2.05) is 71.3 Å². The van der Waals surface area contributed by atoms with Gasteiger partial charge in [0.1, 0.15) is 24.7 Å². The van der Waals surface area contributed by atoms with Crippen molar-refractivity contribution in [3.05, 3.63) is 118 Å². The molecule has 4 aromatic carbocycles. The fourth-order valence-electron chi connectivity index (χ4n) is 9.45. The second-order valence-electron chi connectivity index (χ2n) is 17.2. The molecule has 0 aliphatic carbocycles. The standard InChI is InChI=1S/C50H57ClN6O5S/c1-33-37(15-10-16-40(33)36-13-3-2-4-14-36)31-62-45-27-44(61-30-35-12-9-11-34(25-35)28-52)38(26-41(45)51)29-57-22-8-7-17-43(57)49(59)53-39-20-23-56(24-21-39)47(58)19-6-5-18-46-48-42(32-63-46)54-50(60)55-48/h2-4,9-16,25-27,39,42-43,46,48H,5-8,17-24,29-32H2,1H3,(H,53,59)(H2,54,55,60)/t42-,43?,46-,48-/m0/s1. The lowest BCUT2D eigenvalue weighted by Gasteiger charge is -2.37. The first-order valence-electron chi connectivity index (χ1n) is 22.4. The number of hydrogen-bond donors (Lipinski definition) is 3. The summed E-state index contributed by atoms with van der Waals surface area (Å²) in [6.45, 7) is 5.17. The quantitative estimate of drug-likeness (QED) is 0.0753. The largest absolute Gasteiger partial charge is 0.488 e. The van der Waals surface area contributed by atoms with E-state index in [0.29, 0.717) is 60.0 Å². The van der Waals surface area contributed by atoms with Gasteiger partial charge in [0.25, 0.3) is 0 Å². The first-order chi connectivity index (χ1) is 30.7. The molecule has 4 aliphatic heterocycles. The Morgan fingerprint density at radius 3 is 2.52 bits per heavy atom. The number of carbonyl (C=O) groups is 3. The summed E-state index contributed by atoms with van der Waals surface area (Å²) in [7, 11) is 0. The molecule has 1 unspecified atom stereocenters. The molecule has 4 saturated heterocycles. The van der Waals surface area contributed by atoms with Gasteiger partial charge in [0.05, 0.1) is 34.8 Å². The fourth-order valence-corrected chi connectivity index (χ4v) is 11.2. The van der Waals surface area contributed by atoms with E-state index >= 15 is 0 Å². The minimum Gasteiger partial charge on any atom is -0.488 e. The number of halogens is 1. The Hall–Kier alpha value is -5.22. The number of nitrogens with zero attached hydrogens (tertiary/aromatic N) is 3. The van der Waals surface area contributed by atoms with Crippen LogP contribution in [0.1, 0.15) is 85.6 Å². The third-order valence-electron chi connectivity index (χ3n) is 13.0. The molecule has 13 heteroatoms. The van der Waals surface area contributed by atoms with Crippen molar-refractivity contribution in [1.82, 2.24) is 25.8 Å². The van der Waals surface area contributed by atoms with E-state index in [-0.39, 0.29) is 48.6 Å². The van der Waals surface area contributed by atoms with Crippen LogP contribution in [0.5, 0.6) is 11.5 Å². The van der Waals surface area contributed by atoms with Crippen LogP contribution < -0.4 is 25.4 Å². The van der Waals surface area contributed by atoms with Crippen LogP contribution in [0.4, 0.5) is 4.79 Å². The van der Waals surface area contributed by atoms with Gasteiger partial charge in [-0.05, 0) is 98.0 Å². The molecule has 4 amide bonds. The number of rotatable bonds is 16. The van der Waals surface area contributed by atoms with Crippen LogP contribution in [0.3, 0.4) is 0 Å². The average molecular weight is 890 g/mol. The number of amides is 4. The zero-order valence-corrected chi connectivity index (χ0v) is 37.5. The van der Waals surface area contributed by atoms with Gasteiger partial charge < -0.3 is 30.3 Å². The van der Waals surface area contributed by atoms with Crippen molar-refractivity contribution in [2.45, 2.75) is 114 Å². The molecule has 4 heterocycles. The minimum absolute atomic E-state index is 0.0128. The Labute approximate surface area is 380 Å². The van der Waals surface area contributed by atoms with Crippen LogP contribution in [0.2, 0.25) is 5.02 Å². The topological polar surface area (TPSA) is 136 Å². The highest BCUT2D eigenvalue weighted by molar-refractivity contribution is 8.00. The van der Waals surface area contributed by atoms with E-state index in [9.17, 15) is 19.6 Å². The van der Waals surface area contributed by atoms with Gasteiger partial charge in [-0.15, -0.1) is 0 Å². The number of likely N-dealkylation sites (tertiary alicyclic amines) is 2. The number of thioether (sulfide) groups is 1. The number of nitrogens with one attached hydrogen (secondary N) is 3. The summed E-state index contributed by atoms with van der Waals surface area (Å²) in [6, 6.07) is 29.9. The maximum Gasteiger partial charge on any atom is 0.315 e. The van der Waals surface area contributed by atoms with E-state index in [0.717, 1.165) is 97.0 Å². The third-order valence-corrected chi connectivity index (χ3v) is 14.8. The summed E-state index contributed by atoms with van der Waals surface area (Å²) in [5.74, 6) is 2.26. The highest BCUT2D eigenvalue weighted by atomic mass is 35.5. The highest BCUT2D eigenvalue weighted by Crippen LogP contribution is 2.37. The van der Waals surface area contributed by atoms with Gasteiger partial charge in [-0.2, -0.15) is 17.0 Å². The number of urea groups is 1. The molecule has 3 N–H and O–H groups in total. The Balaban J connectivity index is 0.881. The number of piperidine rings is 2. The zero-order valence-electron chi connectivity index (χ0n) is 36.0. The first kappa shape index (κ1) is 44.4. The normalized spacial score (nSPS) is 21.2. The minimum atomic E-state index is -0.310. The summed E-state index contributed by atoms with van der Waals surface area (Å²) >= 11 is 8.91. The van der Waals surface area contributed by atoms with Gasteiger partial charge in [-0.25, -0.2) is 4.79 Å². The summed E-state index contributed by atoms with van der Waals surface area (Å²) < 4.78 is 12.9. The van der Waals surface area contributed by atoms with E-state index < -0.39 is 0 Å². The third kappa shape index (κ3) is 11.1. The Morgan fingerprint density at radius 2 is 1.70 bits per heavy atom. The molecule has 0 spiro atoms. The summed E-state index contributed by atoms with van der Waals surface area (Å²) in [6.07, 6.45) is 7.49. The SMILES string of the molecule is Cc1c(COc2cc(OCc3cccc(C#N)c3)c(CN3CCCCC3C(=O)NC3CCN(C(=O)CCCC[C@@H]4SC[C@@H]5NC(=O)N[C@@H]54)CC3)cc2Cl)cccc1-c1ccccc1. The number of carbonyl (C=O) groups excluding carboxylic acids is 3. The van der Waals surface area contributed by atoms with Crippen LogP contribution in [0.25, 0.3) is 11.1 Å². The van der Waals surface area contributed by atoms with E-state index in [2.05, 4.69) is 58.1 Å². The van der Waals surface area contributed by atoms with Gasteiger partial charge in [-0.1, -0.05) is 85.1 Å². The monoisotopic (exact) mass is 888 g/mol. The summed E-state index contributed by atoms with van der Waals surface area (Å²) in [4.78, 5) is 43.1. The van der Waals surface area contributed by atoms with Gasteiger partial charge >= 0.3 is 6.03 Å². The van der Waals surface area contributed by atoms with Crippen LogP contribution in [0, 0.1) is 18.3 Å². The Kier molecular flexibility index (Phi) is 14.8. The lowest BCUT2D eigenvalue weighted by molar-refractivity contribution is -0.133. The molecule has 4 aliphatic rings. The maximum absolute atomic E-state index is 14.0. The van der Waals surface area contributed by atoms with Crippen molar-refractivity contribution in [1.29, 1.82) is 5.26 Å². The molecule has 4 atom stereocenters. The highest BCUT2D eigenvalue weighted by Gasteiger charge is 2.42. The lowest BCUT2D eigenvalue weighted by Crippen LogP contribution is -2.53. The molecule has 0 aromatic heterocycles. The Bertz CT molecular complexity index is 2300.